The molecule has 0 aliphatic heterocycles. The van der Waals surface area contributed by atoms with Gasteiger partial charge in [0.05, 0.1) is 6.26 Å². The summed E-state index contributed by atoms with van der Waals surface area (Å²) in [6.45, 7) is 1.26. The molecule has 0 saturated heterocycles. The highest BCUT2D eigenvalue weighted by Crippen LogP contribution is 2.15. The zero-order chi connectivity index (χ0) is 15.3. The summed E-state index contributed by atoms with van der Waals surface area (Å²) in [4.78, 5) is 21.7. The maximum absolute atomic E-state index is 11.0. The Balaban J connectivity index is 2.79. The molecule has 1 aromatic rings. The number of hydrogen-bond donors (Lipinski definition) is 1. The largest absolute Gasteiger partial charge is 0.479 e. The van der Waals surface area contributed by atoms with Crippen LogP contribution in [0.2, 0.25) is 0 Å². The van der Waals surface area contributed by atoms with Gasteiger partial charge in [0.15, 0.2) is 6.10 Å². The molecule has 110 valence electrons. The highest BCUT2D eigenvalue weighted by atomic mass is 32.2. The molecule has 1 N–H and O–H groups in total. The second-order valence-electron chi connectivity index (χ2n) is 4.07. The molecule has 0 radical (unpaired) electrons. The van der Waals surface area contributed by atoms with Gasteiger partial charge < -0.3 is 9.84 Å². The lowest BCUT2D eigenvalue weighted by molar-refractivity contribution is -0.144. The van der Waals surface area contributed by atoms with Gasteiger partial charge in [-0.1, -0.05) is 12.1 Å². The first-order chi connectivity index (χ1) is 9.17. The molecule has 0 heterocycles. The molecule has 20 heavy (non-hydrogen) atoms. The van der Waals surface area contributed by atoms with Gasteiger partial charge in [-0.2, -0.15) is 8.42 Å². The minimum absolute atomic E-state index is 0.122. The van der Waals surface area contributed by atoms with Crippen molar-refractivity contribution in [2.75, 3.05) is 6.26 Å². The number of carbonyl (C=O) groups excluding carboxylic acids is 1. The number of rotatable bonds is 6. The third kappa shape index (κ3) is 5.81. The van der Waals surface area contributed by atoms with Crippen LogP contribution in [0.25, 0.3) is 0 Å². The lowest BCUT2D eigenvalue weighted by Crippen LogP contribution is -2.28. The quantitative estimate of drug-likeness (QED) is 0.465. The van der Waals surface area contributed by atoms with Crippen molar-refractivity contribution in [2.24, 2.45) is 0 Å². The number of carboxylic acid groups (broad SMARTS) is 1. The van der Waals surface area contributed by atoms with E-state index in [0.29, 0.717) is 11.3 Å². The van der Waals surface area contributed by atoms with Gasteiger partial charge >= 0.3 is 11.9 Å². The summed E-state index contributed by atoms with van der Waals surface area (Å²) in [5, 5.41) is 8.91. The van der Waals surface area contributed by atoms with E-state index < -0.39 is 28.2 Å². The maximum atomic E-state index is 11.0. The van der Waals surface area contributed by atoms with Crippen LogP contribution in [-0.2, 0) is 30.3 Å². The fraction of sp³-hybridized carbons (Fsp3) is 0.333. The molecule has 1 rings (SSSR count). The van der Waals surface area contributed by atoms with Gasteiger partial charge in [0.25, 0.3) is 10.1 Å². The first-order valence-corrected chi connectivity index (χ1v) is 7.37. The van der Waals surface area contributed by atoms with Crippen molar-refractivity contribution < 1.29 is 32.0 Å². The average Bonchev–Trinajstić information content (AvgIpc) is 2.28. The van der Waals surface area contributed by atoms with Crippen molar-refractivity contribution in [1.29, 1.82) is 0 Å². The number of carbonyl (C=O) groups is 2. The topological polar surface area (TPSA) is 107 Å². The molecule has 1 atom stereocenters. The number of carboxylic acids is 1. The van der Waals surface area contributed by atoms with Crippen LogP contribution in [0.3, 0.4) is 0 Å². The molecule has 0 aromatic heterocycles. The fourth-order valence-corrected chi connectivity index (χ4v) is 2.02. The van der Waals surface area contributed by atoms with Crippen molar-refractivity contribution in [3.05, 3.63) is 29.8 Å². The van der Waals surface area contributed by atoms with E-state index in [1.807, 2.05) is 0 Å². The first kappa shape index (κ1) is 16.1. The Hall–Kier alpha value is -1.93. The number of esters is 1. The smallest absolute Gasteiger partial charge is 0.334 e. The van der Waals surface area contributed by atoms with E-state index in [0.717, 1.165) is 6.26 Å². The Morgan fingerprint density at radius 3 is 2.20 bits per heavy atom. The lowest BCUT2D eigenvalue weighted by Gasteiger charge is -2.12. The molecule has 0 aliphatic carbocycles. The lowest BCUT2D eigenvalue weighted by atomic mass is 10.1. The first-order valence-electron chi connectivity index (χ1n) is 5.56. The van der Waals surface area contributed by atoms with Crippen LogP contribution in [0.5, 0.6) is 5.75 Å². The van der Waals surface area contributed by atoms with Crippen molar-refractivity contribution in [2.45, 2.75) is 19.4 Å². The van der Waals surface area contributed by atoms with Crippen LogP contribution in [-0.4, -0.2) is 37.8 Å². The Morgan fingerprint density at radius 1 is 1.25 bits per heavy atom. The van der Waals surface area contributed by atoms with Gasteiger partial charge in [0.1, 0.15) is 5.75 Å². The number of ether oxygens (including phenoxy) is 1. The number of aliphatic carboxylic acids is 1. The molecule has 0 amide bonds. The van der Waals surface area contributed by atoms with E-state index in [2.05, 4.69) is 4.18 Å². The summed E-state index contributed by atoms with van der Waals surface area (Å²) in [5.41, 5.74) is 0.539. The van der Waals surface area contributed by atoms with E-state index >= 15 is 0 Å². The SMILES string of the molecule is CC(=O)Oc1ccc(CC(OS(C)(=O)=O)C(=O)O)cc1. The van der Waals surface area contributed by atoms with E-state index in [1.54, 1.807) is 0 Å². The molecule has 0 aliphatic rings. The summed E-state index contributed by atoms with van der Waals surface area (Å²) in [5.74, 6) is -1.53. The van der Waals surface area contributed by atoms with Gasteiger partial charge in [-0.3, -0.25) is 8.98 Å². The summed E-state index contributed by atoms with van der Waals surface area (Å²) in [7, 11) is -3.86. The zero-order valence-electron chi connectivity index (χ0n) is 10.9. The van der Waals surface area contributed by atoms with Crippen molar-refractivity contribution in [1.82, 2.24) is 0 Å². The van der Waals surface area contributed by atoms with Crippen LogP contribution in [0, 0.1) is 0 Å². The second-order valence-corrected chi connectivity index (χ2v) is 5.67. The number of hydrogen-bond acceptors (Lipinski definition) is 6. The van der Waals surface area contributed by atoms with E-state index in [4.69, 9.17) is 9.84 Å². The molecule has 7 nitrogen and oxygen atoms in total. The highest BCUT2D eigenvalue weighted by Gasteiger charge is 2.23. The fourth-order valence-electron chi connectivity index (χ4n) is 1.45. The molecule has 0 fully saturated rings. The van der Waals surface area contributed by atoms with Crippen molar-refractivity contribution in [3.8, 4) is 5.75 Å². The molecule has 0 bridgehead atoms. The Bertz CT molecular complexity index is 589. The van der Waals surface area contributed by atoms with Crippen molar-refractivity contribution >= 4 is 22.1 Å². The third-order valence-corrected chi connectivity index (χ3v) is 2.75. The average molecular weight is 302 g/mol. The molecule has 0 saturated carbocycles. The standard InChI is InChI=1S/C12H14O7S/c1-8(13)18-10-5-3-9(4-6-10)7-11(12(14)15)19-20(2,16)17/h3-6,11H,7H2,1-2H3,(H,14,15). The Kier molecular flexibility index (Phi) is 5.23. The summed E-state index contributed by atoms with van der Waals surface area (Å²) in [6, 6.07) is 6.02. The molecule has 8 heteroatoms. The van der Waals surface area contributed by atoms with Gasteiger partial charge in [0.2, 0.25) is 0 Å². The van der Waals surface area contributed by atoms with Crippen LogP contribution >= 0.6 is 0 Å². The Morgan fingerprint density at radius 2 is 1.80 bits per heavy atom. The maximum Gasteiger partial charge on any atom is 0.334 e. The van der Waals surface area contributed by atoms with Crippen LogP contribution in [0.15, 0.2) is 24.3 Å². The number of benzene rings is 1. The van der Waals surface area contributed by atoms with E-state index in [9.17, 15) is 18.0 Å². The second kappa shape index (κ2) is 6.49. The minimum atomic E-state index is -3.86. The van der Waals surface area contributed by atoms with Gasteiger partial charge in [-0.15, -0.1) is 0 Å². The highest BCUT2D eigenvalue weighted by molar-refractivity contribution is 7.86. The van der Waals surface area contributed by atoms with Crippen LogP contribution < -0.4 is 4.74 Å². The predicted molar refractivity (Wildman–Crippen MR) is 68.8 cm³/mol. The molecule has 1 aromatic carbocycles. The van der Waals surface area contributed by atoms with Gasteiger partial charge in [-0.05, 0) is 17.7 Å². The molecule has 1 unspecified atom stereocenters. The molecular weight excluding hydrogens is 288 g/mol. The molecule has 0 spiro atoms. The third-order valence-electron chi connectivity index (χ3n) is 2.17. The van der Waals surface area contributed by atoms with E-state index in [-0.39, 0.29) is 6.42 Å². The zero-order valence-corrected chi connectivity index (χ0v) is 11.7. The van der Waals surface area contributed by atoms with Crippen LogP contribution in [0.1, 0.15) is 12.5 Å². The molecular formula is C12H14O7S. The predicted octanol–water partition coefficient (Wildman–Crippen LogP) is 0.584. The summed E-state index contributed by atoms with van der Waals surface area (Å²) < 4.78 is 31.2. The summed E-state index contributed by atoms with van der Waals surface area (Å²) in [6.07, 6.45) is -0.834. The van der Waals surface area contributed by atoms with Crippen LogP contribution in [0.4, 0.5) is 0 Å². The van der Waals surface area contributed by atoms with Gasteiger partial charge in [0, 0.05) is 13.3 Å². The monoisotopic (exact) mass is 302 g/mol. The minimum Gasteiger partial charge on any atom is -0.479 e. The Labute approximate surface area is 116 Å². The van der Waals surface area contributed by atoms with E-state index in [1.165, 1.54) is 31.2 Å². The summed E-state index contributed by atoms with van der Waals surface area (Å²) >= 11 is 0. The normalized spacial score (nSPS) is 12.7. The van der Waals surface area contributed by atoms with Crippen molar-refractivity contribution in [3.63, 3.8) is 0 Å². The van der Waals surface area contributed by atoms with Gasteiger partial charge in [-0.25, -0.2) is 4.79 Å².